The number of aryl methyl sites for hydroxylation is 1. The first-order valence-electron chi connectivity index (χ1n) is 10.0. The number of hydrogen-bond donors (Lipinski definition) is 1. The first-order valence-corrected chi connectivity index (χ1v) is 11.2. The van der Waals surface area contributed by atoms with E-state index in [0.717, 1.165) is 16.7 Å². The van der Waals surface area contributed by atoms with Gasteiger partial charge in [-0.3, -0.25) is 4.79 Å². The molecule has 1 heterocycles. The Kier molecular flexibility index (Phi) is 7.18. The third kappa shape index (κ3) is 5.85. The molecule has 4 aromatic rings. The smallest absolute Gasteiger partial charge is 0.287 e. The average molecular weight is 502 g/mol. The highest BCUT2D eigenvalue weighted by atomic mass is 35.5. The number of nitrogens with zero attached hydrogens (tertiary/aromatic N) is 3. The fourth-order valence-electron chi connectivity index (χ4n) is 3.00. The van der Waals surface area contributed by atoms with E-state index >= 15 is 0 Å². The fourth-order valence-corrected chi connectivity index (χ4v) is 3.59. The van der Waals surface area contributed by atoms with E-state index in [1.165, 1.54) is 4.68 Å². The molecule has 6 nitrogen and oxygen atoms in total. The van der Waals surface area contributed by atoms with Crippen LogP contribution in [0, 0.1) is 6.92 Å². The Morgan fingerprint density at radius 1 is 0.970 bits per heavy atom. The zero-order chi connectivity index (χ0) is 23.4. The molecule has 0 spiro atoms. The van der Waals surface area contributed by atoms with Crippen molar-refractivity contribution in [2.75, 3.05) is 11.9 Å². The minimum absolute atomic E-state index is 0.284. The van der Waals surface area contributed by atoms with Crippen molar-refractivity contribution >= 4 is 46.7 Å². The molecule has 168 valence electrons. The predicted molar refractivity (Wildman–Crippen MR) is 132 cm³/mol. The quantitative estimate of drug-likeness (QED) is 0.311. The van der Waals surface area contributed by atoms with Crippen LogP contribution in [0.4, 0.5) is 5.95 Å². The molecule has 0 fully saturated rings. The SMILES string of the molecule is Cc1ccc(-c2nc(NCc3ccc(Cl)cc3)n(C(=O)COc3ccc(Cl)cc3Cl)n2)cc1. The third-order valence-corrected chi connectivity index (χ3v) is 5.54. The first kappa shape index (κ1) is 23.1. The Bertz CT molecular complexity index is 1270. The van der Waals surface area contributed by atoms with Crippen LogP contribution in [0.3, 0.4) is 0 Å². The molecule has 1 N–H and O–H groups in total. The molecule has 0 aliphatic rings. The number of rotatable bonds is 7. The van der Waals surface area contributed by atoms with Crippen LogP contribution in [0.15, 0.2) is 66.7 Å². The van der Waals surface area contributed by atoms with Gasteiger partial charge in [0.05, 0.1) is 5.02 Å². The van der Waals surface area contributed by atoms with Crippen LogP contribution in [-0.2, 0) is 6.54 Å². The molecular formula is C24H19Cl3N4O2. The largest absolute Gasteiger partial charge is 0.482 e. The van der Waals surface area contributed by atoms with Gasteiger partial charge in [0, 0.05) is 22.2 Å². The number of benzene rings is 3. The van der Waals surface area contributed by atoms with Crippen molar-refractivity contribution in [3.63, 3.8) is 0 Å². The topological polar surface area (TPSA) is 69.0 Å². The summed E-state index contributed by atoms with van der Waals surface area (Å²) in [4.78, 5) is 17.5. The molecule has 0 atom stereocenters. The van der Waals surface area contributed by atoms with Crippen LogP contribution in [0.25, 0.3) is 11.4 Å². The molecule has 3 aromatic carbocycles. The van der Waals surface area contributed by atoms with Crippen molar-refractivity contribution in [3.8, 4) is 17.1 Å². The minimum Gasteiger partial charge on any atom is -0.482 e. The predicted octanol–water partition coefficient (Wildman–Crippen LogP) is 6.55. The van der Waals surface area contributed by atoms with Gasteiger partial charge in [-0.25, -0.2) is 0 Å². The number of halogens is 3. The lowest BCUT2D eigenvalue weighted by Crippen LogP contribution is -2.22. The van der Waals surface area contributed by atoms with Crippen LogP contribution < -0.4 is 10.1 Å². The maximum absolute atomic E-state index is 13.0. The Morgan fingerprint density at radius 2 is 1.67 bits per heavy atom. The van der Waals surface area contributed by atoms with Gasteiger partial charge >= 0.3 is 0 Å². The van der Waals surface area contributed by atoms with Gasteiger partial charge in [0.1, 0.15) is 5.75 Å². The standard InChI is InChI=1S/C24H19Cl3N4O2/c1-15-2-6-17(7-3-15)23-29-24(28-13-16-4-8-18(25)9-5-16)31(30-23)22(32)14-33-21-11-10-19(26)12-20(21)27/h2-12H,13-14H2,1H3,(H,28,29,30). The zero-order valence-electron chi connectivity index (χ0n) is 17.6. The molecule has 33 heavy (non-hydrogen) atoms. The Morgan fingerprint density at radius 3 is 2.36 bits per heavy atom. The monoisotopic (exact) mass is 500 g/mol. The normalized spacial score (nSPS) is 10.8. The highest BCUT2D eigenvalue weighted by Crippen LogP contribution is 2.27. The van der Waals surface area contributed by atoms with Gasteiger partial charge in [-0.15, -0.1) is 5.10 Å². The van der Waals surface area contributed by atoms with Crippen molar-refractivity contribution in [1.29, 1.82) is 0 Å². The molecule has 9 heteroatoms. The van der Waals surface area contributed by atoms with E-state index in [4.69, 9.17) is 39.5 Å². The molecule has 0 bridgehead atoms. The molecule has 0 unspecified atom stereocenters. The van der Waals surface area contributed by atoms with Gasteiger partial charge < -0.3 is 10.1 Å². The Labute approximate surface area is 206 Å². The average Bonchev–Trinajstić information content (AvgIpc) is 3.23. The second-order valence-corrected chi connectivity index (χ2v) is 8.55. The zero-order valence-corrected chi connectivity index (χ0v) is 19.8. The van der Waals surface area contributed by atoms with E-state index in [-0.39, 0.29) is 6.61 Å². The highest BCUT2D eigenvalue weighted by Gasteiger charge is 2.18. The van der Waals surface area contributed by atoms with Crippen molar-refractivity contribution in [2.24, 2.45) is 0 Å². The highest BCUT2D eigenvalue weighted by molar-refractivity contribution is 6.35. The van der Waals surface area contributed by atoms with Crippen molar-refractivity contribution < 1.29 is 9.53 Å². The maximum Gasteiger partial charge on any atom is 0.287 e. The van der Waals surface area contributed by atoms with Crippen LogP contribution in [0.2, 0.25) is 15.1 Å². The van der Waals surface area contributed by atoms with Crippen molar-refractivity contribution in [3.05, 3.63) is 92.9 Å². The van der Waals surface area contributed by atoms with Gasteiger partial charge in [0.15, 0.2) is 12.4 Å². The van der Waals surface area contributed by atoms with Crippen molar-refractivity contribution in [1.82, 2.24) is 14.8 Å². The van der Waals surface area contributed by atoms with Crippen LogP contribution in [0.5, 0.6) is 5.75 Å². The minimum atomic E-state index is -0.412. The summed E-state index contributed by atoms with van der Waals surface area (Å²) in [6.07, 6.45) is 0. The van der Waals surface area contributed by atoms with E-state index in [2.05, 4.69) is 15.4 Å². The van der Waals surface area contributed by atoms with Crippen LogP contribution in [-0.4, -0.2) is 27.3 Å². The first-order chi connectivity index (χ1) is 15.9. The number of nitrogens with one attached hydrogen (secondary N) is 1. The summed E-state index contributed by atoms with van der Waals surface area (Å²) in [6, 6.07) is 19.9. The number of carbonyl (C=O) groups excluding carboxylic acids is 1. The van der Waals surface area contributed by atoms with Gasteiger partial charge in [-0.1, -0.05) is 76.8 Å². The lowest BCUT2D eigenvalue weighted by Gasteiger charge is -2.10. The summed E-state index contributed by atoms with van der Waals surface area (Å²) in [7, 11) is 0. The number of carbonyl (C=O) groups is 1. The summed E-state index contributed by atoms with van der Waals surface area (Å²) in [5.74, 6) is 0.664. The summed E-state index contributed by atoms with van der Waals surface area (Å²) < 4.78 is 6.80. The number of aromatic nitrogens is 3. The summed E-state index contributed by atoms with van der Waals surface area (Å²) in [5.41, 5.74) is 2.88. The maximum atomic E-state index is 13.0. The third-order valence-electron chi connectivity index (χ3n) is 4.76. The molecule has 0 saturated heterocycles. The van der Waals surface area contributed by atoms with Crippen LogP contribution in [0.1, 0.15) is 15.9 Å². The van der Waals surface area contributed by atoms with Gasteiger partial charge in [0.25, 0.3) is 5.91 Å². The van der Waals surface area contributed by atoms with E-state index in [1.807, 2.05) is 43.3 Å². The molecule has 0 aliphatic heterocycles. The number of hydrogen-bond acceptors (Lipinski definition) is 5. The van der Waals surface area contributed by atoms with Crippen molar-refractivity contribution in [2.45, 2.75) is 13.5 Å². The van der Waals surface area contributed by atoms with E-state index in [1.54, 1.807) is 30.3 Å². The van der Waals surface area contributed by atoms with Crippen LogP contribution >= 0.6 is 34.8 Å². The second kappa shape index (κ2) is 10.3. The van der Waals surface area contributed by atoms with Gasteiger partial charge in [-0.05, 0) is 42.8 Å². The number of ether oxygens (including phenoxy) is 1. The fraction of sp³-hybridized carbons (Fsp3) is 0.125. The van der Waals surface area contributed by atoms with E-state index in [0.29, 0.717) is 39.1 Å². The van der Waals surface area contributed by atoms with Gasteiger partial charge in [-0.2, -0.15) is 9.67 Å². The summed E-state index contributed by atoms with van der Waals surface area (Å²) in [5, 5.41) is 9.04. The molecule has 0 amide bonds. The molecular weight excluding hydrogens is 483 g/mol. The van der Waals surface area contributed by atoms with E-state index in [9.17, 15) is 4.79 Å². The second-order valence-electron chi connectivity index (χ2n) is 7.27. The molecule has 4 rings (SSSR count). The molecule has 0 saturated carbocycles. The Balaban J connectivity index is 1.57. The molecule has 0 radical (unpaired) electrons. The summed E-state index contributed by atoms with van der Waals surface area (Å²) >= 11 is 18.0. The number of anilines is 1. The lowest BCUT2D eigenvalue weighted by molar-refractivity contribution is 0.0824. The summed E-state index contributed by atoms with van der Waals surface area (Å²) in [6.45, 7) is 2.14. The van der Waals surface area contributed by atoms with Gasteiger partial charge in [0.2, 0.25) is 5.95 Å². The lowest BCUT2D eigenvalue weighted by atomic mass is 10.1. The Hall–Kier alpha value is -3.06. The van der Waals surface area contributed by atoms with E-state index < -0.39 is 5.91 Å². The molecule has 1 aromatic heterocycles. The molecule has 0 aliphatic carbocycles.